The van der Waals surface area contributed by atoms with Gasteiger partial charge in [0.25, 0.3) is 0 Å². The third kappa shape index (κ3) is 1.58. The Morgan fingerprint density at radius 3 is 3.07 bits per heavy atom. The molecule has 0 atom stereocenters. The Kier molecular flexibility index (Phi) is 2.41. The maximum Gasteiger partial charge on any atom is 0.162 e. The standard InChI is InChI=1S/C9H9N3OS/c1-6-7(5-13)4-11-8(12-6)9-10-2-3-14-9/h2-3,5H,4H2,1H3,(H,11,12). The van der Waals surface area contributed by atoms with E-state index in [0.717, 1.165) is 22.8 Å². The number of nitrogens with zero attached hydrogens (tertiary/aromatic N) is 2. The topological polar surface area (TPSA) is 54.4 Å². The maximum atomic E-state index is 10.6. The Balaban J connectivity index is 2.22. The molecule has 0 radical (unpaired) electrons. The van der Waals surface area contributed by atoms with Gasteiger partial charge in [-0.15, -0.1) is 11.3 Å². The van der Waals surface area contributed by atoms with Gasteiger partial charge < -0.3 is 5.32 Å². The molecule has 1 aliphatic heterocycles. The number of thiazole rings is 1. The van der Waals surface area contributed by atoms with Gasteiger partial charge in [0.05, 0.1) is 6.54 Å². The van der Waals surface area contributed by atoms with Gasteiger partial charge in [-0.25, -0.2) is 4.98 Å². The van der Waals surface area contributed by atoms with Gasteiger partial charge in [-0.05, 0) is 6.92 Å². The number of hydrogen-bond donors (Lipinski definition) is 1. The molecule has 4 nitrogen and oxygen atoms in total. The van der Waals surface area contributed by atoms with Crippen LogP contribution in [0, 0.1) is 0 Å². The molecule has 14 heavy (non-hydrogen) atoms. The van der Waals surface area contributed by atoms with E-state index in [0.29, 0.717) is 12.1 Å². The summed E-state index contributed by atoms with van der Waals surface area (Å²) < 4.78 is 0. The van der Waals surface area contributed by atoms with Crippen molar-refractivity contribution in [2.75, 3.05) is 6.54 Å². The van der Waals surface area contributed by atoms with Gasteiger partial charge in [0, 0.05) is 22.8 Å². The molecular weight excluding hydrogens is 198 g/mol. The van der Waals surface area contributed by atoms with Crippen molar-refractivity contribution in [2.45, 2.75) is 6.92 Å². The normalized spacial score (nSPS) is 16.2. The fourth-order valence-electron chi connectivity index (χ4n) is 1.17. The van der Waals surface area contributed by atoms with E-state index in [1.807, 2.05) is 12.3 Å². The van der Waals surface area contributed by atoms with E-state index in [1.165, 1.54) is 11.3 Å². The van der Waals surface area contributed by atoms with Gasteiger partial charge in [0.1, 0.15) is 6.29 Å². The van der Waals surface area contributed by atoms with Gasteiger partial charge in [-0.1, -0.05) is 0 Å². The van der Waals surface area contributed by atoms with E-state index in [2.05, 4.69) is 15.3 Å². The van der Waals surface area contributed by atoms with Crippen molar-refractivity contribution in [3.05, 3.63) is 27.9 Å². The predicted octanol–water partition coefficient (Wildman–Crippen LogP) is 0.966. The third-order valence-corrected chi connectivity index (χ3v) is 2.75. The van der Waals surface area contributed by atoms with Crippen LogP contribution in [0.5, 0.6) is 0 Å². The molecule has 1 aromatic heterocycles. The SMILES string of the molecule is CC1=C(C=O)CN=C(c2nccs2)N1. The van der Waals surface area contributed by atoms with Crippen LogP contribution in [0.15, 0.2) is 27.8 Å². The quantitative estimate of drug-likeness (QED) is 0.735. The number of allylic oxidation sites excluding steroid dienone is 1. The number of carbonyl (C=O) groups excluding carboxylic acids is 1. The average Bonchev–Trinajstić information content (AvgIpc) is 2.70. The van der Waals surface area contributed by atoms with Crippen LogP contribution in [0.1, 0.15) is 11.9 Å². The number of rotatable bonds is 2. The van der Waals surface area contributed by atoms with Gasteiger partial charge in [0.15, 0.2) is 10.8 Å². The van der Waals surface area contributed by atoms with Crippen LogP contribution in [0.25, 0.3) is 0 Å². The van der Waals surface area contributed by atoms with Crippen LogP contribution in [0.3, 0.4) is 0 Å². The highest BCUT2D eigenvalue weighted by Gasteiger charge is 2.13. The lowest BCUT2D eigenvalue weighted by Crippen LogP contribution is -2.28. The number of aliphatic imine (C=N–C) groups is 1. The molecule has 0 amide bonds. The lowest BCUT2D eigenvalue weighted by Gasteiger charge is -2.15. The van der Waals surface area contributed by atoms with E-state index in [9.17, 15) is 4.79 Å². The zero-order valence-electron chi connectivity index (χ0n) is 7.65. The molecule has 2 rings (SSSR count). The number of nitrogens with one attached hydrogen (secondary N) is 1. The van der Waals surface area contributed by atoms with Crippen LogP contribution < -0.4 is 5.32 Å². The molecule has 0 aromatic carbocycles. The first-order valence-electron chi connectivity index (χ1n) is 4.17. The minimum atomic E-state index is 0.442. The fourth-order valence-corrected chi connectivity index (χ4v) is 1.77. The molecule has 1 aliphatic rings. The molecule has 1 aromatic rings. The number of carbonyl (C=O) groups is 1. The largest absolute Gasteiger partial charge is 0.341 e. The summed E-state index contributed by atoms with van der Waals surface area (Å²) in [5.41, 5.74) is 1.56. The van der Waals surface area contributed by atoms with E-state index in [4.69, 9.17) is 0 Å². The van der Waals surface area contributed by atoms with Crippen LogP contribution >= 0.6 is 11.3 Å². The van der Waals surface area contributed by atoms with Crippen molar-refractivity contribution in [3.63, 3.8) is 0 Å². The molecule has 0 aliphatic carbocycles. The highest BCUT2D eigenvalue weighted by Crippen LogP contribution is 2.11. The Morgan fingerprint density at radius 1 is 1.64 bits per heavy atom. The first-order chi connectivity index (χ1) is 6.81. The van der Waals surface area contributed by atoms with E-state index < -0.39 is 0 Å². The summed E-state index contributed by atoms with van der Waals surface area (Å²) in [5, 5.41) is 5.82. The predicted molar refractivity (Wildman–Crippen MR) is 55.4 cm³/mol. The van der Waals surface area contributed by atoms with Crippen LogP contribution in [-0.2, 0) is 4.79 Å². The molecule has 0 unspecified atom stereocenters. The highest BCUT2D eigenvalue weighted by molar-refractivity contribution is 7.11. The number of hydrogen-bond acceptors (Lipinski definition) is 5. The van der Waals surface area contributed by atoms with Gasteiger partial charge in [-0.2, -0.15) is 0 Å². The van der Waals surface area contributed by atoms with Crippen LogP contribution in [0.2, 0.25) is 0 Å². The minimum absolute atomic E-state index is 0.442. The summed E-state index contributed by atoms with van der Waals surface area (Å²) in [6.45, 7) is 2.31. The van der Waals surface area contributed by atoms with Crippen molar-refractivity contribution in [2.24, 2.45) is 4.99 Å². The Labute approximate surface area is 85.4 Å². The highest BCUT2D eigenvalue weighted by atomic mass is 32.1. The Bertz CT molecular complexity index is 406. The first-order valence-corrected chi connectivity index (χ1v) is 5.05. The molecule has 0 spiro atoms. The van der Waals surface area contributed by atoms with Gasteiger partial charge >= 0.3 is 0 Å². The summed E-state index contributed by atoms with van der Waals surface area (Å²) in [6, 6.07) is 0. The lowest BCUT2D eigenvalue weighted by atomic mass is 10.2. The molecule has 0 saturated heterocycles. The molecule has 1 N–H and O–H groups in total. The van der Waals surface area contributed by atoms with Crippen molar-refractivity contribution in [1.82, 2.24) is 10.3 Å². The second-order valence-corrected chi connectivity index (χ2v) is 3.79. The monoisotopic (exact) mass is 207 g/mol. The van der Waals surface area contributed by atoms with Crippen molar-refractivity contribution in [3.8, 4) is 0 Å². The Morgan fingerprint density at radius 2 is 2.50 bits per heavy atom. The molecular formula is C9H9N3OS. The number of aromatic nitrogens is 1. The maximum absolute atomic E-state index is 10.6. The van der Waals surface area contributed by atoms with Crippen LogP contribution in [0.4, 0.5) is 0 Å². The van der Waals surface area contributed by atoms with Gasteiger partial charge in [-0.3, -0.25) is 9.79 Å². The zero-order valence-corrected chi connectivity index (χ0v) is 8.47. The Hall–Kier alpha value is -1.49. The second kappa shape index (κ2) is 3.71. The summed E-state index contributed by atoms with van der Waals surface area (Å²) in [6.07, 6.45) is 2.57. The third-order valence-electron chi connectivity index (χ3n) is 1.97. The summed E-state index contributed by atoms with van der Waals surface area (Å²) in [5.74, 6) is 0.753. The average molecular weight is 207 g/mol. The lowest BCUT2D eigenvalue weighted by molar-refractivity contribution is -0.105. The fraction of sp³-hybridized carbons (Fsp3) is 0.222. The van der Waals surface area contributed by atoms with Crippen LogP contribution in [-0.4, -0.2) is 23.7 Å². The summed E-state index contributed by atoms with van der Waals surface area (Å²) >= 11 is 1.52. The second-order valence-electron chi connectivity index (χ2n) is 2.90. The van der Waals surface area contributed by atoms with Gasteiger partial charge in [0.2, 0.25) is 0 Å². The smallest absolute Gasteiger partial charge is 0.162 e. The number of amidine groups is 1. The molecule has 0 saturated carbocycles. The van der Waals surface area contributed by atoms with Crippen molar-refractivity contribution >= 4 is 23.5 Å². The zero-order chi connectivity index (χ0) is 9.97. The van der Waals surface area contributed by atoms with Crippen molar-refractivity contribution < 1.29 is 4.79 Å². The van der Waals surface area contributed by atoms with Crippen molar-refractivity contribution in [1.29, 1.82) is 0 Å². The number of aldehydes is 1. The van der Waals surface area contributed by atoms with E-state index in [-0.39, 0.29) is 0 Å². The molecule has 2 heterocycles. The molecule has 0 bridgehead atoms. The molecule has 72 valence electrons. The summed E-state index contributed by atoms with van der Waals surface area (Å²) in [4.78, 5) is 19.0. The van der Waals surface area contributed by atoms with E-state index >= 15 is 0 Å². The summed E-state index contributed by atoms with van der Waals surface area (Å²) in [7, 11) is 0. The minimum Gasteiger partial charge on any atom is -0.341 e. The molecule has 5 heteroatoms. The van der Waals surface area contributed by atoms with E-state index in [1.54, 1.807) is 6.20 Å². The first kappa shape index (κ1) is 9.08. The molecule has 0 fully saturated rings.